The van der Waals surface area contributed by atoms with Gasteiger partial charge in [-0.05, 0) is 61.0 Å². The Morgan fingerprint density at radius 2 is 1.56 bits per heavy atom. The van der Waals surface area contributed by atoms with E-state index in [0.29, 0.717) is 40.8 Å². The van der Waals surface area contributed by atoms with Crippen molar-refractivity contribution in [2.24, 2.45) is 0 Å². The topological polar surface area (TPSA) is 71.5 Å². The van der Waals surface area contributed by atoms with Gasteiger partial charge in [-0.3, -0.25) is 19.4 Å². The third-order valence-electron chi connectivity index (χ3n) is 6.15. The Morgan fingerprint density at radius 3 is 2.14 bits per heavy atom. The van der Waals surface area contributed by atoms with E-state index in [2.05, 4.69) is 0 Å². The van der Waals surface area contributed by atoms with Gasteiger partial charge in [-0.15, -0.1) is 0 Å². The van der Waals surface area contributed by atoms with Gasteiger partial charge in [0.1, 0.15) is 29.8 Å². The smallest absolute Gasteiger partial charge is 0.255 e. The minimum Gasteiger partial charge on any atom is -0.497 e. The van der Waals surface area contributed by atoms with E-state index in [1.807, 2.05) is 62.3 Å². The van der Waals surface area contributed by atoms with Crippen LogP contribution in [0.2, 0.25) is 0 Å². The van der Waals surface area contributed by atoms with Gasteiger partial charge < -0.3 is 19.1 Å². The zero-order valence-corrected chi connectivity index (χ0v) is 21.2. The molecule has 8 heteroatoms. The molecule has 0 N–H and O–H groups in total. The zero-order chi connectivity index (χ0) is 25.8. The first-order valence-electron chi connectivity index (χ1n) is 11.7. The van der Waals surface area contributed by atoms with E-state index in [4.69, 9.17) is 14.2 Å². The van der Waals surface area contributed by atoms with Gasteiger partial charge >= 0.3 is 0 Å². The van der Waals surface area contributed by atoms with E-state index in [9.17, 15) is 9.59 Å². The molecular formula is C28H31N3O5. The number of piperazine rings is 1. The molecule has 0 saturated carbocycles. The molecule has 1 saturated heterocycles. The summed E-state index contributed by atoms with van der Waals surface area (Å²) in [5.74, 6) is 1.31. The van der Waals surface area contributed by atoms with Crippen LogP contribution in [0, 0.1) is 0 Å². The van der Waals surface area contributed by atoms with Crippen molar-refractivity contribution >= 4 is 28.9 Å². The first-order chi connectivity index (χ1) is 17.4. The van der Waals surface area contributed by atoms with Crippen molar-refractivity contribution in [2.45, 2.75) is 13.0 Å². The summed E-state index contributed by atoms with van der Waals surface area (Å²) >= 11 is 0. The first kappa shape index (κ1) is 24.9. The molecule has 0 bridgehead atoms. The molecule has 2 amide bonds. The second-order valence-electron chi connectivity index (χ2n) is 8.54. The van der Waals surface area contributed by atoms with Crippen LogP contribution in [0.3, 0.4) is 0 Å². The van der Waals surface area contributed by atoms with Gasteiger partial charge in [0, 0.05) is 31.5 Å². The lowest BCUT2D eigenvalue weighted by molar-refractivity contribution is -0.128. The van der Waals surface area contributed by atoms with Gasteiger partial charge in [-0.2, -0.15) is 0 Å². The standard InChI is InChI=1S/C28H31N3O5/c1-6-36-22-13-11-21(12-14-22)31-26(32)18-30(24-16-15-23(34-4)17-25(24)35-5)28(33)27(31)19-7-9-20(10-8-19)29(2)3/h7-17,27H,6,18H2,1-5H3/t27-/m0/s1. The third kappa shape index (κ3) is 4.79. The molecule has 3 aromatic rings. The maximum atomic E-state index is 14.1. The molecule has 3 aromatic carbocycles. The lowest BCUT2D eigenvalue weighted by Crippen LogP contribution is -2.56. The van der Waals surface area contributed by atoms with Crippen LogP contribution < -0.4 is 28.9 Å². The number of carbonyl (C=O) groups excluding carboxylic acids is 2. The quantitative estimate of drug-likeness (QED) is 0.470. The second-order valence-corrected chi connectivity index (χ2v) is 8.54. The maximum absolute atomic E-state index is 14.1. The van der Waals surface area contributed by atoms with E-state index in [1.165, 1.54) is 12.0 Å². The second kappa shape index (κ2) is 10.6. The van der Waals surface area contributed by atoms with Crippen molar-refractivity contribution in [3.8, 4) is 17.2 Å². The number of carbonyl (C=O) groups is 2. The predicted octanol–water partition coefficient (Wildman–Crippen LogP) is 4.29. The van der Waals surface area contributed by atoms with Crippen LogP contribution in [0.25, 0.3) is 0 Å². The zero-order valence-electron chi connectivity index (χ0n) is 21.2. The Hall–Kier alpha value is -4.20. The molecule has 188 valence electrons. The van der Waals surface area contributed by atoms with Crippen LogP contribution in [0.5, 0.6) is 17.2 Å². The fourth-order valence-electron chi connectivity index (χ4n) is 4.31. The van der Waals surface area contributed by atoms with Gasteiger partial charge in [0.25, 0.3) is 5.91 Å². The summed E-state index contributed by atoms with van der Waals surface area (Å²) in [6.07, 6.45) is 0. The highest BCUT2D eigenvalue weighted by atomic mass is 16.5. The number of amides is 2. The highest BCUT2D eigenvalue weighted by Gasteiger charge is 2.42. The molecule has 0 aromatic heterocycles. The number of methoxy groups -OCH3 is 2. The molecule has 1 aliphatic heterocycles. The monoisotopic (exact) mass is 489 g/mol. The molecule has 8 nitrogen and oxygen atoms in total. The van der Waals surface area contributed by atoms with Crippen molar-refractivity contribution in [1.29, 1.82) is 0 Å². The molecular weight excluding hydrogens is 458 g/mol. The van der Waals surface area contributed by atoms with Gasteiger partial charge in [-0.25, -0.2) is 0 Å². The van der Waals surface area contributed by atoms with E-state index in [-0.39, 0.29) is 18.4 Å². The fraction of sp³-hybridized carbons (Fsp3) is 0.286. The summed E-state index contributed by atoms with van der Waals surface area (Å²) in [6, 6.07) is 19.2. The maximum Gasteiger partial charge on any atom is 0.255 e. The molecule has 1 atom stereocenters. The Labute approximate surface area is 211 Å². The molecule has 0 aliphatic carbocycles. The van der Waals surface area contributed by atoms with Crippen molar-refractivity contribution in [3.63, 3.8) is 0 Å². The van der Waals surface area contributed by atoms with Crippen molar-refractivity contribution in [3.05, 3.63) is 72.3 Å². The van der Waals surface area contributed by atoms with Crippen LogP contribution in [-0.4, -0.2) is 53.3 Å². The Bertz CT molecular complexity index is 1220. The number of hydrogen-bond donors (Lipinski definition) is 0. The minimum atomic E-state index is -0.854. The lowest BCUT2D eigenvalue weighted by atomic mass is 9.98. The summed E-state index contributed by atoms with van der Waals surface area (Å²) in [6.45, 7) is 2.33. The van der Waals surface area contributed by atoms with Crippen LogP contribution in [0.15, 0.2) is 66.7 Å². The van der Waals surface area contributed by atoms with Crippen molar-refractivity contribution < 1.29 is 23.8 Å². The molecule has 0 spiro atoms. The van der Waals surface area contributed by atoms with Crippen LogP contribution >= 0.6 is 0 Å². The van der Waals surface area contributed by atoms with E-state index in [0.717, 1.165) is 5.69 Å². The molecule has 4 rings (SSSR count). The van der Waals surface area contributed by atoms with Crippen LogP contribution in [-0.2, 0) is 9.59 Å². The lowest BCUT2D eigenvalue weighted by Gasteiger charge is -2.40. The van der Waals surface area contributed by atoms with Gasteiger partial charge in [-0.1, -0.05) is 12.1 Å². The average Bonchev–Trinajstić information content (AvgIpc) is 2.90. The van der Waals surface area contributed by atoms with Gasteiger partial charge in [0.15, 0.2) is 0 Å². The van der Waals surface area contributed by atoms with Gasteiger partial charge in [0.2, 0.25) is 5.91 Å². The Kier molecular flexibility index (Phi) is 7.33. The highest BCUT2D eigenvalue weighted by Crippen LogP contribution is 2.39. The normalized spacial score (nSPS) is 15.6. The Balaban J connectivity index is 1.79. The van der Waals surface area contributed by atoms with E-state index in [1.54, 1.807) is 42.3 Å². The number of nitrogens with zero attached hydrogens (tertiary/aromatic N) is 3. The summed E-state index contributed by atoms with van der Waals surface area (Å²) < 4.78 is 16.4. The average molecular weight is 490 g/mol. The number of anilines is 3. The summed E-state index contributed by atoms with van der Waals surface area (Å²) in [5.41, 5.74) is 2.84. The van der Waals surface area contributed by atoms with Crippen molar-refractivity contribution in [1.82, 2.24) is 0 Å². The molecule has 1 fully saturated rings. The third-order valence-corrected chi connectivity index (χ3v) is 6.15. The number of rotatable bonds is 8. The van der Waals surface area contributed by atoms with Crippen LogP contribution in [0.1, 0.15) is 18.5 Å². The molecule has 36 heavy (non-hydrogen) atoms. The minimum absolute atomic E-state index is 0.124. The predicted molar refractivity (Wildman–Crippen MR) is 141 cm³/mol. The van der Waals surface area contributed by atoms with Crippen molar-refractivity contribution in [2.75, 3.05) is 56.2 Å². The molecule has 1 aliphatic rings. The molecule has 1 heterocycles. The summed E-state index contributed by atoms with van der Waals surface area (Å²) in [4.78, 5) is 32.7. The summed E-state index contributed by atoms with van der Waals surface area (Å²) in [5, 5.41) is 0. The number of ether oxygens (including phenoxy) is 3. The van der Waals surface area contributed by atoms with E-state index >= 15 is 0 Å². The van der Waals surface area contributed by atoms with Gasteiger partial charge in [0.05, 0.1) is 26.5 Å². The highest BCUT2D eigenvalue weighted by molar-refractivity contribution is 6.15. The molecule has 0 unspecified atom stereocenters. The summed E-state index contributed by atoms with van der Waals surface area (Å²) in [7, 11) is 6.99. The number of hydrogen-bond acceptors (Lipinski definition) is 6. The Morgan fingerprint density at radius 1 is 0.889 bits per heavy atom. The first-order valence-corrected chi connectivity index (χ1v) is 11.7. The fourth-order valence-corrected chi connectivity index (χ4v) is 4.31. The number of benzene rings is 3. The SMILES string of the molecule is CCOc1ccc(N2C(=O)CN(c3ccc(OC)cc3OC)C(=O)[C@@H]2c2ccc(N(C)C)cc2)cc1. The molecule has 0 radical (unpaired) electrons. The van der Waals surface area contributed by atoms with Crippen LogP contribution in [0.4, 0.5) is 17.1 Å². The van der Waals surface area contributed by atoms with E-state index < -0.39 is 6.04 Å². The largest absolute Gasteiger partial charge is 0.497 e.